The summed E-state index contributed by atoms with van der Waals surface area (Å²) in [6.07, 6.45) is 2.45. The van der Waals surface area contributed by atoms with Gasteiger partial charge in [0.1, 0.15) is 11.3 Å². The summed E-state index contributed by atoms with van der Waals surface area (Å²) in [5.74, 6) is -0.540. The van der Waals surface area contributed by atoms with Crippen molar-refractivity contribution < 1.29 is 12.8 Å². The zero-order chi connectivity index (χ0) is 12.8. The molecule has 0 fully saturated rings. The number of hydrogen-bond donors (Lipinski definition) is 1. The Morgan fingerprint density at radius 1 is 1.47 bits per heavy atom. The predicted octanol–water partition coefficient (Wildman–Crippen LogP) is 1.32. The van der Waals surface area contributed by atoms with Crippen LogP contribution in [-0.2, 0) is 9.84 Å². The van der Waals surface area contributed by atoms with E-state index in [1.807, 2.05) is 0 Å². The van der Waals surface area contributed by atoms with Crippen LogP contribution in [0.4, 0.5) is 10.1 Å². The van der Waals surface area contributed by atoms with Gasteiger partial charge in [0.15, 0.2) is 15.2 Å². The Bertz CT molecular complexity index is 678. The van der Waals surface area contributed by atoms with Crippen molar-refractivity contribution in [3.63, 3.8) is 0 Å². The minimum Gasteiger partial charge on any atom is -0.398 e. The third kappa shape index (κ3) is 1.86. The second kappa shape index (κ2) is 3.69. The van der Waals surface area contributed by atoms with Crippen LogP contribution in [0.5, 0.6) is 0 Å². The quantitative estimate of drug-likeness (QED) is 0.823. The van der Waals surface area contributed by atoms with Crippen LogP contribution in [0.25, 0.3) is 10.9 Å². The SMILES string of the molecule is CC(n1ncc2c(N)ccc(F)c21)S(C)(=O)=O. The largest absolute Gasteiger partial charge is 0.398 e. The van der Waals surface area contributed by atoms with Crippen molar-refractivity contribution in [1.29, 1.82) is 0 Å². The Kier molecular flexibility index (Phi) is 2.57. The van der Waals surface area contributed by atoms with Crippen LogP contribution in [0.2, 0.25) is 0 Å². The number of halogens is 1. The fraction of sp³-hybridized carbons (Fsp3) is 0.300. The fourth-order valence-electron chi connectivity index (χ4n) is 1.60. The summed E-state index contributed by atoms with van der Waals surface area (Å²) >= 11 is 0. The average molecular weight is 257 g/mol. The molecule has 0 bridgehead atoms. The zero-order valence-corrected chi connectivity index (χ0v) is 10.2. The van der Waals surface area contributed by atoms with Crippen LogP contribution in [0, 0.1) is 5.82 Å². The first-order valence-corrected chi connectivity index (χ1v) is 6.88. The summed E-state index contributed by atoms with van der Waals surface area (Å²) in [6.45, 7) is 1.45. The molecule has 2 aromatic rings. The molecule has 1 unspecified atom stereocenters. The number of nitrogens with zero attached hydrogens (tertiary/aromatic N) is 2. The first-order chi connectivity index (χ1) is 7.82. The topological polar surface area (TPSA) is 78.0 Å². The Hall–Kier alpha value is -1.63. The maximum absolute atomic E-state index is 13.7. The molecule has 0 aliphatic carbocycles. The van der Waals surface area contributed by atoms with Crippen LogP contribution < -0.4 is 5.73 Å². The highest BCUT2D eigenvalue weighted by molar-refractivity contribution is 7.90. The molecule has 1 aromatic carbocycles. The minimum atomic E-state index is -3.35. The van der Waals surface area contributed by atoms with Crippen molar-refractivity contribution in [2.45, 2.75) is 12.3 Å². The Morgan fingerprint density at radius 3 is 2.71 bits per heavy atom. The molecular formula is C10H12FN3O2S. The van der Waals surface area contributed by atoms with E-state index in [2.05, 4.69) is 5.10 Å². The molecule has 17 heavy (non-hydrogen) atoms. The number of nitrogens with two attached hydrogens (primary N) is 1. The third-order valence-electron chi connectivity index (χ3n) is 2.71. The normalized spacial score (nSPS) is 14.1. The van der Waals surface area contributed by atoms with Gasteiger partial charge in [-0.2, -0.15) is 5.10 Å². The van der Waals surface area contributed by atoms with Crippen molar-refractivity contribution in [1.82, 2.24) is 9.78 Å². The van der Waals surface area contributed by atoms with E-state index in [-0.39, 0.29) is 5.52 Å². The predicted molar refractivity (Wildman–Crippen MR) is 63.7 cm³/mol. The lowest BCUT2D eigenvalue weighted by Crippen LogP contribution is -2.17. The molecule has 0 saturated carbocycles. The molecule has 0 radical (unpaired) electrons. The van der Waals surface area contributed by atoms with E-state index in [1.54, 1.807) is 0 Å². The van der Waals surface area contributed by atoms with Gasteiger partial charge in [0, 0.05) is 17.3 Å². The highest BCUT2D eigenvalue weighted by Crippen LogP contribution is 2.27. The molecule has 0 aliphatic rings. The summed E-state index contributed by atoms with van der Waals surface area (Å²) in [6, 6.07) is 2.62. The fourth-order valence-corrected chi connectivity index (χ4v) is 2.12. The standard InChI is InChI=1S/C10H12FN3O2S/c1-6(17(2,15)16)14-10-7(5-13-14)9(12)4-3-8(10)11/h3-6H,12H2,1-2H3. The van der Waals surface area contributed by atoms with Gasteiger partial charge in [-0.25, -0.2) is 17.5 Å². The molecule has 1 atom stereocenters. The summed E-state index contributed by atoms with van der Waals surface area (Å²) in [5, 5.41) is 3.38. The monoisotopic (exact) mass is 257 g/mol. The molecule has 7 heteroatoms. The Morgan fingerprint density at radius 2 is 2.12 bits per heavy atom. The maximum atomic E-state index is 13.7. The van der Waals surface area contributed by atoms with Gasteiger partial charge in [-0.3, -0.25) is 0 Å². The first-order valence-electron chi connectivity index (χ1n) is 4.92. The number of rotatable bonds is 2. The van der Waals surface area contributed by atoms with Crippen LogP contribution >= 0.6 is 0 Å². The van der Waals surface area contributed by atoms with Crippen LogP contribution in [0.3, 0.4) is 0 Å². The van der Waals surface area contributed by atoms with E-state index in [0.717, 1.165) is 10.9 Å². The molecule has 0 spiro atoms. The van der Waals surface area contributed by atoms with Gasteiger partial charge in [0.25, 0.3) is 0 Å². The smallest absolute Gasteiger partial charge is 0.170 e. The van der Waals surface area contributed by atoms with Gasteiger partial charge in [-0.15, -0.1) is 0 Å². The molecule has 2 N–H and O–H groups in total. The number of sulfone groups is 1. The van der Waals surface area contributed by atoms with Crippen molar-refractivity contribution >= 4 is 26.4 Å². The van der Waals surface area contributed by atoms with Gasteiger partial charge >= 0.3 is 0 Å². The molecule has 1 aromatic heterocycles. The summed E-state index contributed by atoms with van der Waals surface area (Å²) in [5.41, 5.74) is 6.16. The van der Waals surface area contributed by atoms with Crippen LogP contribution in [0.1, 0.15) is 12.3 Å². The van der Waals surface area contributed by atoms with Crippen molar-refractivity contribution in [2.75, 3.05) is 12.0 Å². The molecule has 0 aliphatic heterocycles. The summed E-state index contributed by atoms with van der Waals surface area (Å²) in [4.78, 5) is 0. The van der Waals surface area contributed by atoms with Gasteiger partial charge < -0.3 is 5.73 Å². The zero-order valence-electron chi connectivity index (χ0n) is 9.38. The van der Waals surface area contributed by atoms with Gasteiger partial charge in [-0.05, 0) is 19.1 Å². The van der Waals surface area contributed by atoms with Crippen molar-refractivity contribution in [3.05, 3.63) is 24.1 Å². The Balaban J connectivity index is 2.77. The molecule has 0 saturated heterocycles. The van der Waals surface area contributed by atoms with Crippen LogP contribution in [-0.4, -0.2) is 24.5 Å². The third-order valence-corrected chi connectivity index (χ3v) is 4.14. The van der Waals surface area contributed by atoms with Crippen molar-refractivity contribution in [2.24, 2.45) is 0 Å². The second-order valence-electron chi connectivity index (χ2n) is 3.92. The molecule has 1 heterocycles. The highest BCUT2D eigenvalue weighted by Gasteiger charge is 2.22. The molecule has 92 valence electrons. The molecule has 5 nitrogen and oxygen atoms in total. The van der Waals surface area contributed by atoms with Crippen LogP contribution in [0.15, 0.2) is 18.3 Å². The molecule has 0 amide bonds. The van der Waals surface area contributed by atoms with Gasteiger partial charge in [0.2, 0.25) is 0 Å². The summed E-state index contributed by atoms with van der Waals surface area (Å²) < 4.78 is 37.7. The van der Waals surface area contributed by atoms with E-state index in [1.165, 1.54) is 25.3 Å². The van der Waals surface area contributed by atoms with Gasteiger partial charge in [0.05, 0.1) is 6.20 Å². The number of fused-ring (bicyclic) bond motifs is 1. The lowest BCUT2D eigenvalue weighted by molar-refractivity contribution is 0.545. The lowest BCUT2D eigenvalue weighted by atomic mass is 10.2. The minimum absolute atomic E-state index is 0.114. The first kappa shape index (κ1) is 11.8. The maximum Gasteiger partial charge on any atom is 0.170 e. The highest BCUT2D eigenvalue weighted by atomic mass is 32.2. The molecule has 2 rings (SSSR count). The number of anilines is 1. The van der Waals surface area contributed by atoms with E-state index in [0.29, 0.717) is 11.1 Å². The van der Waals surface area contributed by atoms with Crippen molar-refractivity contribution in [3.8, 4) is 0 Å². The van der Waals surface area contributed by atoms with Gasteiger partial charge in [-0.1, -0.05) is 0 Å². The number of nitrogen functional groups attached to an aromatic ring is 1. The van der Waals surface area contributed by atoms with E-state index >= 15 is 0 Å². The summed E-state index contributed by atoms with van der Waals surface area (Å²) in [7, 11) is -3.35. The van der Waals surface area contributed by atoms with E-state index in [9.17, 15) is 12.8 Å². The Labute approximate surface area is 97.9 Å². The molecular weight excluding hydrogens is 245 g/mol. The van der Waals surface area contributed by atoms with E-state index in [4.69, 9.17) is 5.73 Å². The number of benzene rings is 1. The number of hydrogen-bond acceptors (Lipinski definition) is 4. The second-order valence-corrected chi connectivity index (χ2v) is 6.26. The average Bonchev–Trinajstić information content (AvgIpc) is 2.66. The number of aromatic nitrogens is 2. The lowest BCUT2D eigenvalue weighted by Gasteiger charge is -2.11. The van der Waals surface area contributed by atoms with E-state index < -0.39 is 21.0 Å².